The quantitative estimate of drug-likeness (QED) is 0.346. The van der Waals surface area contributed by atoms with Gasteiger partial charge in [-0.25, -0.2) is 14.4 Å². The molecule has 0 saturated heterocycles. The zero-order chi connectivity index (χ0) is 24.0. The molecule has 0 radical (unpaired) electrons. The van der Waals surface area contributed by atoms with E-state index in [0.717, 1.165) is 33.2 Å². The van der Waals surface area contributed by atoms with Gasteiger partial charge < -0.3 is 10.4 Å². The van der Waals surface area contributed by atoms with Crippen LogP contribution in [0.1, 0.15) is 16.0 Å². The molecule has 34 heavy (non-hydrogen) atoms. The third-order valence-corrected chi connectivity index (χ3v) is 7.25. The minimum Gasteiger partial charge on any atom is -0.503 e. The maximum atomic E-state index is 14.0. The summed E-state index contributed by atoms with van der Waals surface area (Å²) >= 11 is 1.69. The Balaban J connectivity index is 1.31. The summed E-state index contributed by atoms with van der Waals surface area (Å²) in [5, 5.41) is 13.9. The standard InChI is InChI=1S/C26H20FN3O3S/c1-13-9-17(27)10-19-18(14(2)34-26(13)19)7-8-28-21-11-20(29-12-30-21)15-3-5-16(6-4-15)22-23(31)25(33)24(22)32/h3-6,9-12,31H,7-8H2,1-2H3,(H,28,29,30). The zero-order valence-corrected chi connectivity index (χ0v) is 19.3. The molecule has 3 aromatic carbocycles. The van der Waals surface area contributed by atoms with E-state index in [1.54, 1.807) is 47.7 Å². The first-order valence-corrected chi connectivity index (χ1v) is 11.5. The number of hydrogen-bond donors (Lipinski definition) is 2. The number of thiophene rings is 1. The molecule has 2 heterocycles. The van der Waals surface area contributed by atoms with Crippen molar-refractivity contribution in [3.63, 3.8) is 0 Å². The molecule has 0 aliphatic heterocycles. The Morgan fingerprint density at radius 3 is 2.47 bits per heavy atom. The number of aromatic nitrogens is 2. The summed E-state index contributed by atoms with van der Waals surface area (Å²) in [6.45, 7) is 4.62. The Morgan fingerprint density at radius 1 is 1.00 bits per heavy atom. The second-order valence-electron chi connectivity index (χ2n) is 8.16. The van der Waals surface area contributed by atoms with E-state index < -0.39 is 16.6 Å². The fraction of sp³-hybridized carbons (Fsp3) is 0.154. The average molecular weight is 474 g/mol. The summed E-state index contributed by atoms with van der Waals surface area (Å²) in [6, 6.07) is 11.9. The maximum Gasteiger partial charge on any atom is 0.268 e. The van der Waals surface area contributed by atoms with Crippen LogP contribution in [0, 0.1) is 19.7 Å². The highest BCUT2D eigenvalue weighted by atomic mass is 32.1. The molecule has 0 unspecified atom stereocenters. The number of hydrogen-bond acceptors (Lipinski definition) is 7. The van der Waals surface area contributed by atoms with Crippen molar-refractivity contribution < 1.29 is 9.50 Å². The molecule has 6 nitrogen and oxygen atoms in total. The monoisotopic (exact) mass is 473 g/mol. The van der Waals surface area contributed by atoms with Crippen molar-refractivity contribution in [1.82, 2.24) is 9.97 Å². The number of nitrogens with zero attached hydrogens (tertiary/aromatic N) is 2. The van der Waals surface area contributed by atoms with E-state index in [4.69, 9.17) is 0 Å². The van der Waals surface area contributed by atoms with Gasteiger partial charge in [-0.3, -0.25) is 9.59 Å². The van der Waals surface area contributed by atoms with Crippen molar-refractivity contribution >= 4 is 27.2 Å². The van der Waals surface area contributed by atoms with Gasteiger partial charge in [0.2, 0.25) is 5.43 Å². The number of aryl methyl sites for hydroxylation is 2. The molecule has 2 aromatic heterocycles. The third kappa shape index (κ3) is 3.76. The van der Waals surface area contributed by atoms with Crippen LogP contribution < -0.4 is 16.2 Å². The largest absolute Gasteiger partial charge is 0.503 e. The Hall–Kier alpha value is -3.91. The molecule has 8 heteroatoms. The maximum absolute atomic E-state index is 14.0. The molecule has 0 spiro atoms. The lowest BCUT2D eigenvalue weighted by Crippen LogP contribution is -2.31. The minimum atomic E-state index is -0.850. The Labute approximate surface area is 198 Å². The fourth-order valence-electron chi connectivity index (χ4n) is 4.19. The van der Waals surface area contributed by atoms with Crippen molar-refractivity contribution in [2.75, 3.05) is 11.9 Å². The highest BCUT2D eigenvalue weighted by Crippen LogP contribution is 2.34. The van der Waals surface area contributed by atoms with Gasteiger partial charge in [0.25, 0.3) is 5.43 Å². The number of aromatic hydroxyl groups is 1. The highest BCUT2D eigenvalue weighted by molar-refractivity contribution is 7.19. The number of rotatable bonds is 6. The van der Waals surface area contributed by atoms with Crippen molar-refractivity contribution in [3.8, 4) is 28.1 Å². The Morgan fingerprint density at radius 2 is 1.74 bits per heavy atom. The summed E-state index contributed by atoms with van der Waals surface area (Å²) in [6.07, 6.45) is 2.20. The summed E-state index contributed by atoms with van der Waals surface area (Å²) in [5.41, 5.74) is 2.60. The van der Waals surface area contributed by atoms with Gasteiger partial charge in [-0.1, -0.05) is 24.3 Å². The first-order valence-electron chi connectivity index (χ1n) is 10.7. The minimum absolute atomic E-state index is 0.0490. The third-order valence-electron chi connectivity index (χ3n) is 5.95. The Kier molecular flexibility index (Phi) is 5.45. The van der Waals surface area contributed by atoms with Crippen LogP contribution in [0.15, 0.2) is 58.4 Å². The number of benzene rings is 2. The van der Waals surface area contributed by atoms with Crippen LogP contribution in [0.4, 0.5) is 10.2 Å². The van der Waals surface area contributed by atoms with Gasteiger partial charge in [-0.05, 0) is 54.5 Å². The predicted molar refractivity (Wildman–Crippen MR) is 133 cm³/mol. The number of halogens is 1. The van der Waals surface area contributed by atoms with Crippen molar-refractivity contribution in [2.45, 2.75) is 20.3 Å². The molecular weight excluding hydrogens is 453 g/mol. The number of nitrogens with one attached hydrogen (secondary N) is 1. The topological polar surface area (TPSA) is 92.2 Å². The molecule has 2 N–H and O–H groups in total. The fourth-order valence-corrected chi connectivity index (χ4v) is 5.34. The lowest BCUT2D eigenvalue weighted by Gasteiger charge is -2.09. The summed E-state index contributed by atoms with van der Waals surface area (Å²) in [7, 11) is 0. The van der Waals surface area contributed by atoms with Gasteiger partial charge in [0.15, 0.2) is 5.75 Å². The summed E-state index contributed by atoms with van der Waals surface area (Å²) in [4.78, 5) is 32.7. The smallest absolute Gasteiger partial charge is 0.268 e. The van der Waals surface area contributed by atoms with Crippen LogP contribution in [0.2, 0.25) is 0 Å². The first-order chi connectivity index (χ1) is 16.3. The molecule has 0 bridgehead atoms. The van der Waals surface area contributed by atoms with Gasteiger partial charge in [-0.2, -0.15) is 0 Å². The van der Waals surface area contributed by atoms with E-state index in [-0.39, 0.29) is 11.4 Å². The van der Waals surface area contributed by atoms with Gasteiger partial charge in [0.05, 0.1) is 11.3 Å². The van der Waals surface area contributed by atoms with Crippen LogP contribution in [0.5, 0.6) is 5.75 Å². The van der Waals surface area contributed by atoms with E-state index in [9.17, 15) is 19.1 Å². The first kappa shape index (κ1) is 21.9. The molecule has 170 valence electrons. The van der Waals surface area contributed by atoms with Gasteiger partial charge >= 0.3 is 0 Å². The van der Waals surface area contributed by atoms with Crippen LogP contribution in [0.3, 0.4) is 0 Å². The molecule has 0 atom stereocenters. The molecule has 0 aliphatic rings. The predicted octanol–water partition coefficient (Wildman–Crippen LogP) is 4.74. The molecule has 0 aliphatic carbocycles. The van der Waals surface area contributed by atoms with Crippen LogP contribution in [-0.2, 0) is 6.42 Å². The van der Waals surface area contributed by atoms with E-state index in [0.29, 0.717) is 23.6 Å². The Bertz CT molecular complexity index is 1620. The normalized spacial score (nSPS) is 11.4. The molecule has 5 aromatic rings. The highest BCUT2D eigenvalue weighted by Gasteiger charge is 2.21. The SMILES string of the molecule is Cc1sc2c(C)cc(F)cc2c1CCNc1cc(-c2ccc(-c3c(O)c(=O)c3=O)cc2)ncn1. The lowest BCUT2D eigenvalue weighted by atomic mass is 9.98. The van der Waals surface area contributed by atoms with Crippen molar-refractivity contribution in [3.05, 3.63) is 91.1 Å². The molecule has 0 fully saturated rings. The van der Waals surface area contributed by atoms with E-state index in [2.05, 4.69) is 22.2 Å². The van der Waals surface area contributed by atoms with Crippen molar-refractivity contribution in [2.24, 2.45) is 0 Å². The lowest BCUT2D eigenvalue weighted by molar-refractivity contribution is 0.465. The molecule has 0 amide bonds. The van der Waals surface area contributed by atoms with Crippen LogP contribution in [-0.4, -0.2) is 21.6 Å². The molecular formula is C26H20FN3O3S. The van der Waals surface area contributed by atoms with E-state index in [1.165, 1.54) is 11.2 Å². The molecule has 5 rings (SSSR count). The zero-order valence-electron chi connectivity index (χ0n) is 18.5. The van der Waals surface area contributed by atoms with Gasteiger partial charge in [0.1, 0.15) is 18.0 Å². The van der Waals surface area contributed by atoms with Gasteiger partial charge in [-0.15, -0.1) is 11.3 Å². The van der Waals surface area contributed by atoms with E-state index in [1.807, 2.05) is 13.0 Å². The second kappa shape index (κ2) is 8.46. The summed E-state index contributed by atoms with van der Waals surface area (Å²) in [5.74, 6) is -0.0465. The van der Waals surface area contributed by atoms with Gasteiger partial charge in [0, 0.05) is 27.8 Å². The molecule has 0 saturated carbocycles. The second-order valence-corrected chi connectivity index (χ2v) is 9.39. The average Bonchev–Trinajstić information content (AvgIpc) is 3.15. The van der Waals surface area contributed by atoms with E-state index >= 15 is 0 Å². The van der Waals surface area contributed by atoms with Crippen LogP contribution in [0.25, 0.3) is 32.5 Å². The summed E-state index contributed by atoms with van der Waals surface area (Å²) < 4.78 is 15.1. The van der Waals surface area contributed by atoms with Crippen molar-refractivity contribution in [1.29, 1.82) is 0 Å². The number of fused-ring (bicyclic) bond motifs is 1. The number of anilines is 1. The van der Waals surface area contributed by atoms with Crippen LogP contribution >= 0.6 is 11.3 Å².